The number of carbonyl (C=O) groups is 2. The largest absolute Gasteiger partial charge is 0.481 e. The zero-order chi connectivity index (χ0) is 19.5. The number of benzene rings is 1. The molecule has 0 aliphatic carbocycles. The van der Waals surface area contributed by atoms with Gasteiger partial charge in [-0.15, -0.1) is 0 Å². The molecule has 0 spiro atoms. The van der Waals surface area contributed by atoms with E-state index in [-0.39, 0.29) is 48.0 Å². The minimum Gasteiger partial charge on any atom is -0.481 e. The van der Waals surface area contributed by atoms with E-state index >= 15 is 0 Å². The van der Waals surface area contributed by atoms with E-state index in [9.17, 15) is 23.1 Å². The van der Waals surface area contributed by atoms with Gasteiger partial charge < -0.3 is 10.4 Å². The lowest BCUT2D eigenvalue weighted by atomic mass is 9.86. The van der Waals surface area contributed by atoms with E-state index in [0.717, 1.165) is 11.1 Å². The van der Waals surface area contributed by atoms with Gasteiger partial charge in [0.05, 0.1) is 24.0 Å². The molecule has 1 atom stereocenters. The molecule has 0 radical (unpaired) electrons. The summed E-state index contributed by atoms with van der Waals surface area (Å²) in [5.41, 5.74) is 1.84. The summed E-state index contributed by atoms with van der Waals surface area (Å²) in [5.74, 6) is -1.64. The molecule has 1 aliphatic rings. The maximum atomic E-state index is 12.5. The van der Waals surface area contributed by atoms with Crippen LogP contribution in [-0.4, -0.2) is 36.9 Å². The first-order valence-corrected chi connectivity index (χ1v) is 10.6. The Labute approximate surface area is 154 Å². The number of amides is 1. The van der Waals surface area contributed by atoms with Crippen molar-refractivity contribution in [2.45, 2.75) is 51.5 Å². The molecule has 6 nitrogen and oxygen atoms in total. The second-order valence-electron chi connectivity index (χ2n) is 7.96. The first-order valence-electron chi connectivity index (χ1n) is 8.81. The van der Waals surface area contributed by atoms with Gasteiger partial charge in [0.2, 0.25) is 5.91 Å². The number of hydrogen-bond acceptors (Lipinski definition) is 4. The van der Waals surface area contributed by atoms with Crippen molar-refractivity contribution in [1.29, 1.82) is 0 Å². The van der Waals surface area contributed by atoms with Crippen molar-refractivity contribution >= 4 is 21.7 Å². The highest BCUT2D eigenvalue weighted by molar-refractivity contribution is 7.91. The summed E-state index contributed by atoms with van der Waals surface area (Å²) in [6, 6.07) is 6.96. The van der Waals surface area contributed by atoms with E-state index in [4.69, 9.17) is 0 Å². The Bertz CT molecular complexity index is 748. The summed E-state index contributed by atoms with van der Waals surface area (Å²) in [4.78, 5) is 23.7. The Morgan fingerprint density at radius 3 is 2.15 bits per heavy atom. The molecule has 1 fully saturated rings. The third kappa shape index (κ3) is 5.56. The molecular formula is C19H27NO5S. The van der Waals surface area contributed by atoms with Crippen molar-refractivity contribution in [3.05, 3.63) is 35.4 Å². The summed E-state index contributed by atoms with van der Waals surface area (Å²) < 4.78 is 23.0. The Hall–Kier alpha value is -1.89. The number of carboxylic acid groups (broad SMARTS) is 1. The molecule has 2 rings (SSSR count). The quantitative estimate of drug-likeness (QED) is 0.816. The molecule has 1 amide bonds. The van der Waals surface area contributed by atoms with Crippen LogP contribution < -0.4 is 5.32 Å². The van der Waals surface area contributed by atoms with Gasteiger partial charge >= 0.3 is 5.97 Å². The molecule has 1 aromatic carbocycles. The summed E-state index contributed by atoms with van der Waals surface area (Å²) >= 11 is 0. The molecule has 7 heteroatoms. The second-order valence-corrected chi connectivity index (χ2v) is 10.3. The van der Waals surface area contributed by atoms with Crippen LogP contribution in [0.1, 0.15) is 57.2 Å². The molecule has 0 saturated carbocycles. The highest BCUT2D eigenvalue weighted by atomic mass is 32.2. The summed E-state index contributed by atoms with van der Waals surface area (Å²) in [6.07, 6.45) is 0.361. The van der Waals surface area contributed by atoms with E-state index < -0.39 is 21.8 Å². The average Bonchev–Trinajstić information content (AvgIpc) is 2.53. The Balaban J connectivity index is 2.12. The van der Waals surface area contributed by atoms with E-state index in [2.05, 4.69) is 26.1 Å². The van der Waals surface area contributed by atoms with Crippen molar-refractivity contribution in [3.63, 3.8) is 0 Å². The van der Waals surface area contributed by atoms with Crippen LogP contribution in [0.4, 0.5) is 0 Å². The van der Waals surface area contributed by atoms with Crippen LogP contribution >= 0.6 is 0 Å². The lowest BCUT2D eigenvalue weighted by molar-refractivity contribution is -0.138. The summed E-state index contributed by atoms with van der Waals surface area (Å²) in [7, 11) is -3.04. The molecule has 26 heavy (non-hydrogen) atoms. The molecule has 0 aromatic heterocycles. The van der Waals surface area contributed by atoms with Crippen molar-refractivity contribution in [3.8, 4) is 0 Å². The fourth-order valence-electron chi connectivity index (χ4n) is 3.08. The molecular weight excluding hydrogens is 354 g/mol. The highest BCUT2D eigenvalue weighted by Gasteiger charge is 2.30. The van der Waals surface area contributed by atoms with Gasteiger partial charge in [0.15, 0.2) is 0 Å². The van der Waals surface area contributed by atoms with Gasteiger partial charge in [0, 0.05) is 5.92 Å². The first-order chi connectivity index (χ1) is 12.0. The van der Waals surface area contributed by atoms with Gasteiger partial charge in [0.1, 0.15) is 9.84 Å². The van der Waals surface area contributed by atoms with Crippen molar-refractivity contribution in [2.24, 2.45) is 5.92 Å². The predicted octanol–water partition coefficient (Wildman–Crippen LogP) is 2.44. The highest BCUT2D eigenvalue weighted by Crippen LogP contribution is 2.26. The number of nitrogens with one attached hydrogen (secondary N) is 1. The number of rotatable bonds is 5. The smallest absolute Gasteiger partial charge is 0.305 e. The molecule has 2 N–H and O–H groups in total. The van der Waals surface area contributed by atoms with Crippen LogP contribution in [0.2, 0.25) is 0 Å². The van der Waals surface area contributed by atoms with Gasteiger partial charge in [0.25, 0.3) is 0 Å². The van der Waals surface area contributed by atoms with Gasteiger partial charge in [-0.3, -0.25) is 9.59 Å². The molecule has 0 bridgehead atoms. The summed E-state index contributed by atoms with van der Waals surface area (Å²) in [6.45, 7) is 6.28. The number of hydrogen-bond donors (Lipinski definition) is 2. The van der Waals surface area contributed by atoms with Gasteiger partial charge in [-0.05, 0) is 29.4 Å². The lowest BCUT2D eigenvalue weighted by Gasteiger charge is -2.25. The number of sulfone groups is 1. The molecule has 1 unspecified atom stereocenters. The molecule has 1 aromatic rings. The van der Waals surface area contributed by atoms with Gasteiger partial charge in [-0.2, -0.15) is 0 Å². The fourth-order valence-corrected chi connectivity index (χ4v) is 4.58. The third-order valence-corrected chi connectivity index (χ3v) is 6.52. The van der Waals surface area contributed by atoms with Crippen LogP contribution in [0.3, 0.4) is 0 Å². The minimum atomic E-state index is -3.04. The zero-order valence-electron chi connectivity index (χ0n) is 15.5. The number of carboxylic acids is 1. The third-order valence-electron chi connectivity index (χ3n) is 4.80. The average molecular weight is 381 g/mol. The molecule has 1 aliphatic heterocycles. The number of aliphatic carboxylic acids is 1. The SMILES string of the molecule is CC(C)(C)c1ccc(C(CC(=O)O)NC(=O)C2CCS(=O)(=O)CC2)cc1. The molecule has 144 valence electrons. The maximum Gasteiger partial charge on any atom is 0.305 e. The first kappa shape index (κ1) is 20.4. The normalized spacial score (nSPS) is 18.9. The van der Waals surface area contributed by atoms with Crippen molar-refractivity contribution in [2.75, 3.05) is 11.5 Å². The monoisotopic (exact) mass is 381 g/mol. The van der Waals surface area contributed by atoms with E-state index in [1.54, 1.807) is 0 Å². The van der Waals surface area contributed by atoms with Crippen molar-refractivity contribution < 1.29 is 23.1 Å². The molecule has 1 saturated heterocycles. The Morgan fingerprint density at radius 1 is 1.15 bits per heavy atom. The zero-order valence-corrected chi connectivity index (χ0v) is 16.3. The van der Waals surface area contributed by atoms with Crippen LogP contribution in [0.25, 0.3) is 0 Å². The maximum absolute atomic E-state index is 12.5. The fraction of sp³-hybridized carbons (Fsp3) is 0.579. The van der Waals surface area contributed by atoms with Gasteiger partial charge in [-0.1, -0.05) is 45.0 Å². The van der Waals surface area contributed by atoms with Crippen LogP contribution in [0, 0.1) is 5.92 Å². The van der Waals surface area contributed by atoms with Crippen LogP contribution in [-0.2, 0) is 24.8 Å². The standard InChI is InChI=1S/C19H27NO5S/c1-19(2,3)15-6-4-13(5-7-15)16(12-17(21)22)20-18(23)14-8-10-26(24,25)11-9-14/h4-7,14,16H,8-12H2,1-3H3,(H,20,23)(H,21,22). The number of carbonyl (C=O) groups excluding carboxylic acids is 1. The van der Waals surface area contributed by atoms with E-state index in [1.807, 2.05) is 24.3 Å². The Morgan fingerprint density at radius 2 is 1.69 bits per heavy atom. The topological polar surface area (TPSA) is 101 Å². The Kier molecular flexibility index (Phi) is 6.11. The van der Waals surface area contributed by atoms with Crippen LogP contribution in [0.5, 0.6) is 0 Å². The van der Waals surface area contributed by atoms with E-state index in [0.29, 0.717) is 0 Å². The molecule has 1 heterocycles. The lowest BCUT2D eigenvalue weighted by Crippen LogP contribution is -2.38. The minimum absolute atomic E-state index is 0.00889. The van der Waals surface area contributed by atoms with Crippen LogP contribution in [0.15, 0.2) is 24.3 Å². The van der Waals surface area contributed by atoms with Gasteiger partial charge in [-0.25, -0.2) is 8.42 Å². The van der Waals surface area contributed by atoms with Crippen molar-refractivity contribution in [1.82, 2.24) is 5.32 Å². The summed E-state index contributed by atoms with van der Waals surface area (Å²) in [5, 5.41) is 12.0. The predicted molar refractivity (Wildman–Crippen MR) is 99.7 cm³/mol. The van der Waals surface area contributed by atoms with E-state index in [1.165, 1.54) is 0 Å². The second kappa shape index (κ2) is 7.78.